The van der Waals surface area contributed by atoms with E-state index in [1.807, 2.05) is 12.1 Å². The van der Waals surface area contributed by atoms with Crippen LogP contribution >= 0.6 is 17.2 Å². The third kappa shape index (κ3) is 3.81. The quantitative estimate of drug-likeness (QED) is 0.643. The zero-order valence-corrected chi connectivity index (χ0v) is 15.2. The van der Waals surface area contributed by atoms with Crippen LogP contribution in [0.3, 0.4) is 0 Å². The van der Waals surface area contributed by atoms with Gasteiger partial charge < -0.3 is 4.74 Å². The molecule has 0 aliphatic heterocycles. The largest absolute Gasteiger partial charge is 0.496 e. The lowest BCUT2D eigenvalue weighted by molar-refractivity contribution is 0.411. The van der Waals surface area contributed by atoms with Crippen molar-refractivity contribution in [1.29, 1.82) is 0 Å². The molecule has 23 heavy (non-hydrogen) atoms. The number of hydrogen-bond acceptors (Lipinski definition) is 1. The first-order valence-electron chi connectivity index (χ1n) is 7.58. The van der Waals surface area contributed by atoms with Crippen molar-refractivity contribution in [3.8, 4) is 5.75 Å². The van der Waals surface area contributed by atoms with Gasteiger partial charge in [-0.1, -0.05) is 72.8 Å². The molecule has 0 fully saturated rings. The second-order valence-corrected chi connectivity index (χ2v) is 8.08. The minimum atomic E-state index is -0.471. The Morgan fingerprint density at radius 3 is 2.22 bits per heavy atom. The molecule has 0 radical (unpaired) electrons. The van der Waals surface area contributed by atoms with Crippen LogP contribution in [0.2, 0.25) is 0 Å². The molecular formula is C20H20OP2. The van der Waals surface area contributed by atoms with Crippen LogP contribution in [0.25, 0.3) is 0 Å². The van der Waals surface area contributed by atoms with E-state index in [0.29, 0.717) is 0 Å². The van der Waals surface area contributed by atoms with Gasteiger partial charge in [0.2, 0.25) is 0 Å². The van der Waals surface area contributed by atoms with Crippen LogP contribution in [0, 0.1) is 0 Å². The van der Waals surface area contributed by atoms with Crippen LogP contribution < -0.4 is 20.7 Å². The Morgan fingerprint density at radius 1 is 0.826 bits per heavy atom. The molecule has 0 saturated carbocycles. The summed E-state index contributed by atoms with van der Waals surface area (Å²) < 4.78 is 5.55. The second-order valence-electron chi connectivity index (χ2n) is 5.29. The summed E-state index contributed by atoms with van der Waals surface area (Å²) in [4.78, 5) is 0. The summed E-state index contributed by atoms with van der Waals surface area (Å²) in [5, 5.41) is 4.07. The van der Waals surface area contributed by atoms with Crippen molar-refractivity contribution >= 4 is 33.1 Å². The summed E-state index contributed by atoms with van der Waals surface area (Å²) in [5.74, 6) is 0.970. The predicted octanol–water partition coefficient (Wildman–Crippen LogP) is 3.83. The summed E-state index contributed by atoms with van der Waals surface area (Å²) >= 11 is 0. The standard InChI is InChI=1S/C20H20OP2/c1-21-18-12-6-5-9-16(18)15-23(17-10-3-2-4-11-17)20-14-8-7-13-19(20)22/h2-14H,15,22H2,1H3. The Hall–Kier alpha value is -1.68. The number of methoxy groups -OCH3 is 1. The van der Waals surface area contributed by atoms with Crippen molar-refractivity contribution in [2.45, 2.75) is 6.16 Å². The van der Waals surface area contributed by atoms with Crippen molar-refractivity contribution in [3.63, 3.8) is 0 Å². The first-order chi connectivity index (χ1) is 11.3. The lowest BCUT2D eigenvalue weighted by Crippen LogP contribution is -2.22. The smallest absolute Gasteiger partial charge is 0.122 e. The molecule has 3 aromatic rings. The topological polar surface area (TPSA) is 9.23 Å². The Kier molecular flexibility index (Phi) is 5.44. The highest BCUT2D eigenvalue weighted by Crippen LogP contribution is 2.40. The SMILES string of the molecule is COc1ccccc1CP(c1ccccc1)c1ccccc1P. The summed E-state index contributed by atoms with van der Waals surface area (Å²) in [6.45, 7) is 0. The van der Waals surface area contributed by atoms with Gasteiger partial charge in [-0.15, -0.1) is 9.24 Å². The van der Waals surface area contributed by atoms with Gasteiger partial charge in [-0.25, -0.2) is 0 Å². The van der Waals surface area contributed by atoms with E-state index >= 15 is 0 Å². The van der Waals surface area contributed by atoms with Crippen molar-refractivity contribution in [2.24, 2.45) is 0 Å². The van der Waals surface area contributed by atoms with Crippen LogP contribution in [0.4, 0.5) is 0 Å². The molecular weight excluding hydrogens is 318 g/mol. The molecule has 0 aromatic heterocycles. The van der Waals surface area contributed by atoms with Gasteiger partial charge in [0.15, 0.2) is 0 Å². The van der Waals surface area contributed by atoms with Crippen molar-refractivity contribution in [3.05, 3.63) is 84.4 Å². The monoisotopic (exact) mass is 338 g/mol. The molecule has 2 atom stereocenters. The van der Waals surface area contributed by atoms with E-state index in [0.717, 1.165) is 11.9 Å². The lowest BCUT2D eigenvalue weighted by Gasteiger charge is -2.21. The molecule has 0 aliphatic carbocycles. The minimum Gasteiger partial charge on any atom is -0.496 e. The molecule has 2 unspecified atom stereocenters. The fourth-order valence-corrected chi connectivity index (χ4v) is 5.75. The fourth-order valence-electron chi connectivity index (χ4n) is 2.66. The third-order valence-corrected chi connectivity index (χ3v) is 7.13. The average Bonchev–Trinajstić information content (AvgIpc) is 2.61. The van der Waals surface area contributed by atoms with Crippen LogP contribution in [0.5, 0.6) is 5.75 Å². The minimum absolute atomic E-state index is 0.471. The van der Waals surface area contributed by atoms with Gasteiger partial charge in [-0.3, -0.25) is 0 Å². The number of hydrogen-bond donors (Lipinski definition) is 0. The summed E-state index contributed by atoms with van der Waals surface area (Å²) in [7, 11) is 4.15. The highest BCUT2D eigenvalue weighted by Gasteiger charge is 2.18. The second kappa shape index (κ2) is 7.73. The Balaban J connectivity index is 2.04. The molecule has 0 spiro atoms. The number of rotatable bonds is 5. The van der Waals surface area contributed by atoms with E-state index < -0.39 is 7.92 Å². The van der Waals surface area contributed by atoms with E-state index in [4.69, 9.17) is 4.74 Å². The fraction of sp³-hybridized carbons (Fsp3) is 0.100. The Labute approximate surface area is 141 Å². The lowest BCUT2D eigenvalue weighted by atomic mass is 10.2. The van der Waals surface area contributed by atoms with Crippen molar-refractivity contribution < 1.29 is 4.74 Å². The van der Waals surface area contributed by atoms with E-state index in [9.17, 15) is 0 Å². The van der Waals surface area contributed by atoms with Gasteiger partial charge in [-0.05, 0) is 35.5 Å². The van der Waals surface area contributed by atoms with Crippen LogP contribution in [0.1, 0.15) is 5.56 Å². The summed E-state index contributed by atoms with van der Waals surface area (Å²) in [6.07, 6.45) is 0.981. The molecule has 116 valence electrons. The van der Waals surface area contributed by atoms with Gasteiger partial charge in [0.1, 0.15) is 5.75 Å². The number of para-hydroxylation sites is 1. The summed E-state index contributed by atoms with van der Waals surface area (Å²) in [5.41, 5.74) is 1.26. The molecule has 0 aliphatic rings. The first kappa shape index (κ1) is 16.2. The maximum Gasteiger partial charge on any atom is 0.122 e. The normalized spacial score (nSPS) is 11.9. The van der Waals surface area contributed by atoms with Crippen LogP contribution in [-0.2, 0) is 6.16 Å². The average molecular weight is 338 g/mol. The van der Waals surface area contributed by atoms with Gasteiger partial charge >= 0.3 is 0 Å². The summed E-state index contributed by atoms with van der Waals surface area (Å²) in [6, 6.07) is 27.7. The van der Waals surface area contributed by atoms with Gasteiger partial charge in [0.25, 0.3) is 0 Å². The molecule has 0 saturated heterocycles. The van der Waals surface area contributed by atoms with Crippen LogP contribution in [-0.4, -0.2) is 7.11 Å². The first-order valence-corrected chi connectivity index (χ1v) is 9.69. The molecule has 0 N–H and O–H groups in total. The molecule has 0 heterocycles. The maximum absolute atomic E-state index is 5.55. The van der Waals surface area contributed by atoms with E-state index in [1.54, 1.807) is 7.11 Å². The zero-order valence-electron chi connectivity index (χ0n) is 13.1. The van der Waals surface area contributed by atoms with Crippen molar-refractivity contribution in [1.82, 2.24) is 0 Å². The van der Waals surface area contributed by atoms with E-state index in [2.05, 4.69) is 76.0 Å². The van der Waals surface area contributed by atoms with Gasteiger partial charge in [-0.2, -0.15) is 0 Å². The molecule has 0 amide bonds. The van der Waals surface area contributed by atoms with Crippen molar-refractivity contribution in [2.75, 3.05) is 7.11 Å². The molecule has 0 bridgehead atoms. The van der Waals surface area contributed by atoms with Crippen LogP contribution in [0.15, 0.2) is 78.9 Å². The number of ether oxygens (including phenoxy) is 1. The zero-order chi connectivity index (χ0) is 16.1. The predicted molar refractivity (Wildman–Crippen MR) is 105 cm³/mol. The molecule has 3 rings (SSSR count). The Morgan fingerprint density at radius 2 is 1.48 bits per heavy atom. The Bertz CT molecular complexity index is 771. The third-order valence-electron chi connectivity index (χ3n) is 3.82. The highest BCUT2D eigenvalue weighted by molar-refractivity contribution is 7.73. The van der Waals surface area contributed by atoms with Gasteiger partial charge in [0, 0.05) is 6.16 Å². The number of benzene rings is 3. The molecule has 1 nitrogen and oxygen atoms in total. The molecule has 3 heteroatoms. The van der Waals surface area contributed by atoms with Gasteiger partial charge in [0.05, 0.1) is 7.11 Å². The maximum atomic E-state index is 5.55. The van der Waals surface area contributed by atoms with E-state index in [-0.39, 0.29) is 0 Å². The van der Waals surface area contributed by atoms with E-state index in [1.165, 1.54) is 21.5 Å². The highest BCUT2D eigenvalue weighted by atomic mass is 31.1. The molecule has 3 aromatic carbocycles.